The summed E-state index contributed by atoms with van der Waals surface area (Å²) in [6.07, 6.45) is 4.76. The number of ether oxygens (including phenoxy) is 1. The molecule has 0 bridgehead atoms. The van der Waals surface area contributed by atoms with Crippen LogP contribution in [-0.4, -0.2) is 49.7 Å². The SMILES string of the molecule is COCC(C)n1ccnc1NC(C)CS(C)(=O)=O. The molecule has 0 aromatic carbocycles. The van der Waals surface area contributed by atoms with Crippen molar-refractivity contribution >= 4 is 15.8 Å². The van der Waals surface area contributed by atoms with Gasteiger partial charge in [-0.2, -0.15) is 0 Å². The molecule has 0 fully saturated rings. The molecule has 1 N–H and O–H groups in total. The Morgan fingerprint density at radius 1 is 1.50 bits per heavy atom. The monoisotopic (exact) mass is 275 g/mol. The third-order valence-electron chi connectivity index (χ3n) is 2.48. The molecular formula is C11H21N3O3S. The first-order valence-electron chi connectivity index (χ1n) is 5.79. The lowest BCUT2D eigenvalue weighted by Gasteiger charge is -2.19. The molecule has 7 heteroatoms. The van der Waals surface area contributed by atoms with E-state index < -0.39 is 9.84 Å². The van der Waals surface area contributed by atoms with Crippen LogP contribution in [-0.2, 0) is 14.6 Å². The van der Waals surface area contributed by atoms with Crippen LogP contribution >= 0.6 is 0 Å². The van der Waals surface area contributed by atoms with E-state index in [4.69, 9.17) is 4.74 Å². The summed E-state index contributed by atoms with van der Waals surface area (Å²) in [6, 6.07) is -0.0404. The molecule has 0 amide bonds. The highest BCUT2D eigenvalue weighted by Crippen LogP contribution is 2.14. The van der Waals surface area contributed by atoms with Crippen molar-refractivity contribution in [2.45, 2.75) is 25.9 Å². The van der Waals surface area contributed by atoms with Crippen molar-refractivity contribution in [3.8, 4) is 0 Å². The van der Waals surface area contributed by atoms with Gasteiger partial charge in [0.15, 0.2) is 0 Å². The van der Waals surface area contributed by atoms with Gasteiger partial charge in [0, 0.05) is 31.8 Å². The zero-order valence-electron chi connectivity index (χ0n) is 11.3. The topological polar surface area (TPSA) is 73.2 Å². The van der Waals surface area contributed by atoms with Crippen LogP contribution in [0.15, 0.2) is 12.4 Å². The van der Waals surface area contributed by atoms with E-state index in [1.807, 2.05) is 24.6 Å². The Kier molecular flexibility index (Phi) is 5.15. The van der Waals surface area contributed by atoms with Crippen molar-refractivity contribution in [3.05, 3.63) is 12.4 Å². The molecule has 0 saturated carbocycles. The van der Waals surface area contributed by atoms with Gasteiger partial charge in [0.1, 0.15) is 9.84 Å². The van der Waals surface area contributed by atoms with Crippen molar-refractivity contribution in [2.75, 3.05) is 31.0 Å². The first-order chi connectivity index (χ1) is 8.33. The molecule has 18 heavy (non-hydrogen) atoms. The number of hydrogen-bond donors (Lipinski definition) is 1. The van der Waals surface area contributed by atoms with Crippen LogP contribution in [0.2, 0.25) is 0 Å². The zero-order valence-corrected chi connectivity index (χ0v) is 12.1. The van der Waals surface area contributed by atoms with E-state index in [1.54, 1.807) is 13.3 Å². The molecule has 0 saturated heterocycles. The molecule has 104 valence electrons. The van der Waals surface area contributed by atoms with Crippen LogP contribution < -0.4 is 5.32 Å². The van der Waals surface area contributed by atoms with Gasteiger partial charge in [-0.25, -0.2) is 13.4 Å². The van der Waals surface area contributed by atoms with E-state index in [9.17, 15) is 8.42 Å². The molecule has 0 aliphatic carbocycles. The van der Waals surface area contributed by atoms with Gasteiger partial charge < -0.3 is 14.6 Å². The highest BCUT2D eigenvalue weighted by atomic mass is 32.2. The van der Waals surface area contributed by atoms with E-state index in [1.165, 1.54) is 6.26 Å². The minimum Gasteiger partial charge on any atom is -0.383 e. The molecule has 0 radical (unpaired) electrons. The van der Waals surface area contributed by atoms with Crippen molar-refractivity contribution in [3.63, 3.8) is 0 Å². The Balaban J connectivity index is 2.70. The Morgan fingerprint density at radius 3 is 2.72 bits per heavy atom. The molecule has 0 aliphatic rings. The number of rotatable bonds is 7. The summed E-state index contributed by atoms with van der Waals surface area (Å²) >= 11 is 0. The number of anilines is 1. The highest BCUT2D eigenvalue weighted by Gasteiger charge is 2.14. The minimum absolute atomic E-state index is 0.0819. The van der Waals surface area contributed by atoms with E-state index in [0.717, 1.165) is 0 Å². The molecule has 6 nitrogen and oxygen atoms in total. The second kappa shape index (κ2) is 6.19. The van der Waals surface area contributed by atoms with E-state index >= 15 is 0 Å². The molecule has 1 aromatic heterocycles. The smallest absolute Gasteiger partial charge is 0.203 e. The lowest BCUT2D eigenvalue weighted by molar-refractivity contribution is 0.163. The zero-order chi connectivity index (χ0) is 13.8. The summed E-state index contributed by atoms with van der Waals surface area (Å²) in [5, 5.41) is 3.10. The third-order valence-corrected chi connectivity index (χ3v) is 3.59. The van der Waals surface area contributed by atoms with E-state index in [0.29, 0.717) is 12.6 Å². The summed E-state index contributed by atoms with van der Waals surface area (Å²) in [7, 11) is -1.35. The molecule has 2 unspecified atom stereocenters. The number of imidazole rings is 1. The minimum atomic E-state index is -2.99. The number of nitrogens with one attached hydrogen (secondary N) is 1. The third kappa shape index (κ3) is 4.66. The lowest BCUT2D eigenvalue weighted by Crippen LogP contribution is -2.27. The van der Waals surface area contributed by atoms with Crippen LogP contribution in [0.1, 0.15) is 19.9 Å². The van der Waals surface area contributed by atoms with Crippen LogP contribution in [0.4, 0.5) is 5.95 Å². The van der Waals surface area contributed by atoms with Crippen LogP contribution in [0.3, 0.4) is 0 Å². The van der Waals surface area contributed by atoms with Gasteiger partial charge in [-0.05, 0) is 13.8 Å². The average molecular weight is 275 g/mol. The van der Waals surface area contributed by atoms with Crippen molar-refractivity contribution in [1.82, 2.24) is 9.55 Å². The Hall–Kier alpha value is -1.08. The fourth-order valence-corrected chi connectivity index (χ4v) is 2.81. The normalized spacial score (nSPS) is 15.3. The van der Waals surface area contributed by atoms with Gasteiger partial charge in [0.25, 0.3) is 0 Å². The van der Waals surface area contributed by atoms with Crippen molar-refractivity contribution in [2.24, 2.45) is 0 Å². The maximum absolute atomic E-state index is 11.2. The second-order valence-corrected chi connectivity index (χ2v) is 6.79. The van der Waals surface area contributed by atoms with Gasteiger partial charge in [-0.15, -0.1) is 0 Å². The standard InChI is InChI=1S/C11H21N3O3S/c1-9(8-18(4,15)16)13-11-12-5-6-14(11)10(2)7-17-3/h5-6,9-10H,7-8H2,1-4H3,(H,12,13). The summed E-state index contributed by atoms with van der Waals surface area (Å²) in [4.78, 5) is 4.19. The van der Waals surface area contributed by atoms with E-state index in [-0.39, 0.29) is 17.8 Å². The van der Waals surface area contributed by atoms with Gasteiger partial charge in [-0.1, -0.05) is 0 Å². The molecular weight excluding hydrogens is 254 g/mol. The molecule has 0 spiro atoms. The largest absolute Gasteiger partial charge is 0.383 e. The Labute approximate surface area is 108 Å². The average Bonchev–Trinajstić information content (AvgIpc) is 2.62. The summed E-state index contributed by atoms with van der Waals surface area (Å²) in [5.41, 5.74) is 0. The second-order valence-electron chi connectivity index (χ2n) is 4.60. The number of methoxy groups -OCH3 is 1. The fourth-order valence-electron chi connectivity index (χ4n) is 1.82. The molecule has 2 atom stereocenters. The van der Waals surface area contributed by atoms with Gasteiger partial charge in [-0.3, -0.25) is 0 Å². The number of aromatic nitrogens is 2. The quantitative estimate of drug-likeness (QED) is 0.801. The summed E-state index contributed by atoms with van der Waals surface area (Å²) in [6.45, 7) is 4.41. The van der Waals surface area contributed by atoms with Crippen LogP contribution in [0.25, 0.3) is 0 Å². The first kappa shape index (κ1) is 15.0. The number of nitrogens with zero attached hydrogens (tertiary/aromatic N) is 2. The van der Waals surface area contributed by atoms with Gasteiger partial charge >= 0.3 is 0 Å². The highest BCUT2D eigenvalue weighted by molar-refractivity contribution is 7.90. The van der Waals surface area contributed by atoms with Crippen molar-refractivity contribution < 1.29 is 13.2 Å². The molecule has 1 aromatic rings. The fraction of sp³-hybridized carbons (Fsp3) is 0.727. The molecule has 0 aliphatic heterocycles. The Bertz CT molecular complexity index is 470. The maximum Gasteiger partial charge on any atom is 0.203 e. The predicted molar refractivity (Wildman–Crippen MR) is 71.6 cm³/mol. The van der Waals surface area contributed by atoms with Gasteiger partial charge in [0.05, 0.1) is 18.4 Å². The van der Waals surface area contributed by atoms with Crippen LogP contribution in [0, 0.1) is 0 Å². The molecule has 1 heterocycles. The first-order valence-corrected chi connectivity index (χ1v) is 7.85. The number of sulfone groups is 1. The molecule has 1 rings (SSSR count). The predicted octanol–water partition coefficient (Wildman–Crippen LogP) is 0.936. The lowest BCUT2D eigenvalue weighted by atomic mass is 10.3. The Morgan fingerprint density at radius 2 is 2.17 bits per heavy atom. The van der Waals surface area contributed by atoms with Crippen molar-refractivity contribution in [1.29, 1.82) is 0 Å². The van der Waals surface area contributed by atoms with Gasteiger partial charge in [0.2, 0.25) is 5.95 Å². The summed E-state index contributed by atoms with van der Waals surface area (Å²) < 4.78 is 29.4. The number of hydrogen-bond acceptors (Lipinski definition) is 5. The van der Waals surface area contributed by atoms with Crippen LogP contribution in [0.5, 0.6) is 0 Å². The van der Waals surface area contributed by atoms with E-state index in [2.05, 4.69) is 10.3 Å². The summed E-state index contributed by atoms with van der Waals surface area (Å²) in [5.74, 6) is 0.745. The maximum atomic E-state index is 11.2.